The molecule has 9 nitrogen and oxygen atoms in total. The van der Waals surface area contributed by atoms with E-state index in [1.807, 2.05) is 30.7 Å². The fourth-order valence-corrected chi connectivity index (χ4v) is 6.07. The zero-order valence-electron chi connectivity index (χ0n) is 27.8. The van der Waals surface area contributed by atoms with Crippen molar-refractivity contribution in [3.05, 3.63) is 66.0 Å². The van der Waals surface area contributed by atoms with Gasteiger partial charge >= 0.3 is 0 Å². The molecule has 3 N–H and O–H groups in total. The lowest BCUT2D eigenvalue weighted by Crippen LogP contribution is -2.34. The van der Waals surface area contributed by atoms with Gasteiger partial charge in [-0.15, -0.1) is 14.1 Å². The van der Waals surface area contributed by atoms with E-state index in [-0.39, 0.29) is 41.4 Å². The molecule has 5 rings (SSSR count). The Morgan fingerprint density at radius 2 is 1.88 bits per heavy atom. The molecule has 13 heteroatoms. The molecule has 0 amide bonds. The third kappa shape index (κ3) is 8.49. The normalized spacial score (nSPS) is 13.8. The summed E-state index contributed by atoms with van der Waals surface area (Å²) in [4.78, 5) is 4.58. The number of aliphatic hydroxyl groups is 1. The summed E-state index contributed by atoms with van der Waals surface area (Å²) >= 11 is 5.30. The molecule has 0 bridgehead atoms. The van der Waals surface area contributed by atoms with Gasteiger partial charge in [0.25, 0.3) is 0 Å². The number of ether oxygens (including phenoxy) is 3. The van der Waals surface area contributed by atoms with Gasteiger partial charge in [-0.05, 0) is 62.7 Å². The van der Waals surface area contributed by atoms with Crippen LogP contribution in [0.15, 0.2) is 48.8 Å². The van der Waals surface area contributed by atoms with E-state index in [1.165, 1.54) is 6.20 Å². The number of nitrogens with zero attached hydrogens (tertiary/aromatic N) is 3. The Morgan fingerprint density at radius 1 is 1.15 bits per heavy atom. The third-order valence-electron chi connectivity index (χ3n) is 8.10. The molecular weight excluding hydrogens is 653 g/mol. The lowest BCUT2D eigenvalue weighted by atomic mass is 10.0. The van der Waals surface area contributed by atoms with Gasteiger partial charge in [-0.1, -0.05) is 6.07 Å². The fourth-order valence-electron chi connectivity index (χ4n) is 5.12. The van der Waals surface area contributed by atoms with Crippen molar-refractivity contribution in [2.75, 3.05) is 25.1 Å². The first-order valence-corrected chi connectivity index (χ1v) is 20.0. The first kappa shape index (κ1) is 35.2. The quantitative estimate of drug-likeness (QED) is 0.0692. The van der Waals surface area contributed by atoms with E-state index in [1.54, 1.807) is 18.2 Å². The summed E-state index contributed by atoms with van der Waals surface area (Å²) in [6, 6.07) is 12.2. The van der Waals surface area contributed by atoms with E-state index in [0.717, 1.165) is 31.0 Å². The molecule has 0 radical (unpaired) electrons. The van der Waals surface area contributed by atoms with E-state index >= 15 is 8.78 Å². The maximum absolute atomic E-state index is 15.5. The lowest BCUT2D eigenvalue weighted by Gasteiger charge is -2.26. The van der Waals surface area contributed by atoms with Crippen molar-refractivity contribution in [1.82, 2.24) is 14.9 Å². The molecule has 0 aliphatic heterocycles. The van der Waals surface area contributed by atoms with Gasteiger partial charge in [0.1, 0.15) is 29.9 Å². The number of hydrogen-bond donors (Lipinski definition) is 3. The van der Waals surface area contributed by atoms with Crippen molar-refractivity contribution in [3.63, 3.8) is 0 Å². The predicted octanol–water partition coefficient (Wildman–Crippen LogP) is 7.80. The van der Waals surface area contributed by atoms with Crippen molar-refractivity contribution in [2.24, 2.45) is 5.41 Å². The second-order valence-electron chi connectivity index (χ2n) is 13.7. The number of rotatable bonds is 14. The van der Waals surface area contributed by atoms with Crippen molar-refractivity contribution in [2.45, 2.75) is 65.2 Å². The van der Waals surface area contributed by atoms with Crippen LogP contribution in [0.4, 0.5) is 14.5 Å². The van der Waals surface area contributed by atoms with Gasteiger partial charge in [-0.3, -0.25) is 0 Å². The molecule has 0 spiro atoms. The molecule has 1 aliphatic rings. The minimum Gasteiger partial charge on any atom is -0.490 e. The molecule has 0 atom stereocenters. The number of aliphatic hydroxyl groups excluding tert-OH is 1. The van der Waals surface area contributed by atoms with E-state index in [9.17, 15) is 10.4 Å². The monoisotopic (exact) mass is 693 g/mol. The van der Waals surface area contributed by atoms with E-state index in [4.69, 9.17) is 26.4 Å². The summed E-state index contributed by atoms with van der Waals surface area (Å²) < 4.78 is 50.6. The van der Waals surface area contributed by atoms with Crippen LogP contribution in [0, 0.1) is 28.4 Å². The zero-order valence-corrected chi connectivity index (χ0v) is 29.6. The average molecular weight is 694 g/mol. The number of anilines is 1. The first-order chi connectivity index (χ1) is 22.8. The molecule has 1 aliphatic carbocycles. The van der Waals surface area contributed by atoms with E-state index < -0.39 is 25.5 Å². The van der Waals surface area contributed by atoms with Gasteiger partial charge in [0.2, 0.25) is 0 Å². The van der Waals surface area contributed by atoms with Gasteiger partial charge in [-0.2, -0.15) is 24.9 Å². The summed E-state index contributed by atoms with van der Waals surface area (Å²) in [6.45, 7) is 11.9. The Morgan fingerprint density at radius 3 is 2.50 bits per heavy atom. The topological polar surface area (TPSA) is 114 Å². The standard InChI is InChI=1S/C35H41F2N5O4SSi/c1-22(2)45-29-7-6-23(14-24(29)17-38)26-18-42(21-44-12-13-48(3,4)5)33-31(26)30(8-11-39-33)46-32-27(36)15-25(16-28(32)37)41-34(47)40-19-35(20-43)9-10-35/h6-8,11,14-16,18,22,43H,9-10,12-13,19-21H2,1-5H3,(H2,40,41,47)/q-1. The third-order valence-corrected chi connectivity index (χ3v) is 10.1. The lowest BCUT2D eigenvalue weighted by molar-refractivity contribution is 0.0899. The largest absolute Gasteiger partial charge is 0.490 e. The SMILES string of the molecule is CC(C)Oc1ccc(-c2cn(COCC[Si-](C)(C)C)c3nccc(Oc4c(F)cc(NC(=S)NCC5(CO)CC5)cc4F)c23)cc1C#N. The van der Waals surface area contributed by atoms with Crippen LogP contribution >= 0.6 is 12.2 Å². The highest BCUT2D eigenvalue weighted by atomic mass is 32.1. The summed E-state index contributed by atoms with van der Waals surface area (Å²) in [5.74, 6) is -1.83. The molecular formula is C35H41F2N5O4SSi-. The van der Waals surface area contributed by atoms with Gasteiger partial charge in [0, 0.05) is 54.3 Å². The van der Waals surface area contributed by atoms with Crippen molar-refractivity contribution < 1.29 is 28.1 Å². The molecule has 1 saturated carbocycles. The van der Waals surface area contributed by atoms with Crippen molar-refractivity contribution in [3.8, 4) is 34.4 Å². The van der Waals surface area contributed by atoms with Gasteiger partial charge in [0.05, 0.1) is 23.7 Å². The van der Waals surface area contributed by atoms with Crippen LogP contribution in [-0.2, 0) is 11.5 Å². The minimum absolute atomic E-state index is 0.0498. The molecule has 48 heavy (non-hydrogen) atoms. The molecule has 1 fully saturated rings. The number of fused-ring (bicyclic) bond motifs is 1. The molecule has 2 aromatic carbocycles. The van der Waals surface area contributed by atoms with Gasteiger partial charge in [-0.25, -0.2) is 13.8 Å². The predicted molar refractivity (Wildman–Crippen MR) is 189 cm³/mol. The molecule has 255 valence electrons. The summed E-state index contributed by atoms with van der Waals surface area (Å²) in [6.07, 6.45) is 5.01. The molecule has 2 aromatic heterocycles. The van der Waals surface area contributed by atoms with Crippen LogP contribution in [0.3, 0.4) is 0 Å². The Hall–Kier alpha value is -4.09. The van der Waals surface area contributed by atoms with Crippen molar-refractivity contribution >= 4 is 42.1 Å². The average Bonchev–Trinajstić information content (AvgIpc) is 3.72. The van der Waals surface area contributed by atoms with E-state index in [0.29, 0.717) is 46.6 Å². The van der Waals surface area contributed by atoms with Crippen LogP contribution in [-0.4, -0.2) is 53.7 Å². The maximum atomic E-state index is 15.5. The Labute approximate surface area is 285 Å². The van der Waals surface area contributed by atoms with Crippen LogP contribution in [0.2, 0.25) is 25.7 Å². The van der Waals surface area contributed by atoms with Crippen LogP contribution < -0.4 is 20.1 Å². The smallest absolute Gasteiger partial charge is 0.198 e. The molecule has 0 unspecified atom stereocenters. The fraction of sp³-hybridized carbons (Fsp3) is 0.400. The second-order valence-corrected chi connectivity index (χ2v) is 19.7. The summed E-state index contributed by atoms with van der Waals surface area (Å²) in [5.41, 5.74) is 2.06. The number of nitriles is 1. The number of aromatic nitrogens is 2. The summed E-state index contributed by atoms with van der Waals surface area (Å²) in [5, 5.41) is 25.9. The van der Waals surface area contributed by atoms with E-state index in [2.05, 4.69) is 41.3 Å². The Bertz CT molecular complexity index is 1830. The zero-order chi connectivity index (χ0) is 34.6. The number of hydrogen-bond acceptors (Lipinski definition) is 7. The van der Waals surface area contributed by atoms with Crippen molar-refractivity contribution in [1.29, 1.82) is 5.26 Å². The number of halogens is 2. The van der Waals surface area contributed by atoms with Gasteiger partial charge in [0.15, 0.2) is 22.5 Å². The number of pyridine rings is 1. The highest BCUT2D eigenvalue weighted by Crippen LogP contribution is 2.44. The van der Waals surface area contributed by atoms with Crippen LogP contribution in [0.1, 0.15) is 32.3 Å². The Kier molecular flexibility index (Phi) is 10.7. The Balaban J connectivity index is 1.47. The number of nitrogens with one attached hydrogen (secondary N) is 2. The van der Waals surface area contributed by atoms with Crippen LogP contribution in [0.25, 0.3) is 22.2 Å². The maximum Gasteiger partial charge on any atom is 0.198 e. The molecule has 4 aromatic rings. The highest BCUT2D eigenvalue weighted by Gasteiger charge is 2.41. The van der Waals surface area contributed by atoms with Crippen LogP contribution in [0.5, 0.6) is 17.2 Å². The van der Waals surface area contributed by atoms with Gasteiger partial charge < -0.3 is 34.5 Å². The summed E-state index contributed by atoms with van der Waals surface area (Å²) in [7, 11) is -1.32. The molecule has 0 saturated heterocycles. The first-order valence-electron chi connectivity index (χ1n) is 15.9. The molecule has 2 heterocycles. The highest BCUT2D eigenvalue weighted by molar-refractivity contribution is 7.80. The number of benzene rings is 2. The minimum atomic E-state index is -1.32. The number of thiocarbonyl (C=S) groups is 1. The second kappa shape index (κ2) is 14.6.